The first-order chi connectivity index (χ1) is 13.4. The van der Waals surface area contributed by atoms with E-state index in [-0.39, 0.29) is 11.9 Å². The van der Waals surface area contributed by atoms with Crippen molar-refractivity contribution < 1.29 is 9.53 Å². The van der Waals surface area contributed by atoms with Crippen LogP contribution >= 0.6 is 27.5 Å². The summed E-state index contributed by atoms with van der Waals surface area (Å²) in [7, 11) is 1.63. The number of anilines is 1. The smallest absolute Gasteiger partial charge is 0.240 e. The molecule has 0 radical (unpaired) electrons. The van der Waals surface area contributed by atoms with Crippen LogP contribution in [0.4, 0.5) is 5.69 Å². The molecule has 3 aromatic rings. The van der Waals surface area contributed by atoms with Crippen LogP contribution in [0.2, 0.25) is 5.02 Å². The average Bonchev–Trinajstić information content (AvgIpc) is 2.72. The zero-order valence-corrected chi connectivity index (χ0v) is 17.9. The number of rotatable bonds is 4. The molecule has 0 aliphatic carbocycles. The van der Waals surface area contributed by atoms with Crippen LogP contribution in [0.25, 0.3) is 0 Å². The van der Waals surface area contributed by atoms with Gasteiger partial charge < -0.3 is 9.64 Å². The van der Waals surface area contributed by atoms with E-state index in [0.29, 0.717) is 5.02 Å². The van der Waals surface area contributed by atoms with Gasteiger partial charge in [-0.15, -0.1) is 0 Å². The van der Waals surface area contributed by atoms with Gasteiger partial charge in [0.15, 0.2) is 0 Å². The summed E-state index contributed by atoms with van der Waals surface area (Å²) in [6.45, 7) is 2.01. The molecule has 5 heteroatoms. The number of halogens is 2. The van der Waals surface area contributed by atoms with Gasteiger partial charge in [-0.1, -0.05) is 51.8 Å². The number of β-lactam (4-membered cyclic amide) rings is 1. The van der Waals surface area contributed by atoms with E-state index in [4.69, 9.17) is 16.3 Å². The Kier molecular flexibility index (Phi) is 4.94. The average molecular weight is 457 g/mol. The first-order valence-electron chi connectivity index (χ1n) is 8.94. The molecule has 1 amide bonds. The summed E-state index contributed by atoms with van der Waals surface area (Å²) < 4.78 is 6.24. The van der Waals surface area contributed by atoms with Crippen LogP contribution in [0.1, 0.15) is 24.1 Å². The minimum atomic E-state index is -0.658. The third kappa shape index (κ3) is 3.01. The Bertz CT molecular complexity index is 1000. The highest BCUT2D eigenvalue weighted by atomic mass is 79.9. The van der Waals surface area contributed by atoms with Gasteiger partial charge in [-0.2, -0.15) is 0 Å². The Morgan fingerprint density at radius 3 is 2.14 bits per heavy atom. The molecular formula is C23H19BrClNO2. The number of methoxy groups -OCH3 is 1. The number of carbonyl (C=O) groups is 1. The zero-order chi connectivity index (χ0) is 19.9. The minimum absolute atomic E-state index is 0.0694. The first kappa shape index (κ1) is 19.0. The molecule has 0 saturated carbocycles. The normalized spacial score (nSPS) is 21.4. The molecule has 4 rings (SSSR count). The Morgan fingerprint density at radius 2 is 1.57 bits per heavy atom. The summed E-state index contributed by atoms with van der Waals surface area (Å²) in [4.78, 5) is 15.3. The monoisotopic (exact) mass is 455 g/mol. The molecule has 0 unspecified atom stereocenters. The maximum atomic E-state index is 13.4. The molecule has 2 atom stereocenters. The Hall–Kier alpha value is -2.30. The van der Waals surface area contributed by atoms with Crippen LogP contribution in [-0.4, -0.2) is 13.0 Å². The van der Waals surface area contributed by atoms with Gasteiger partial charge >= 0.3 is 0 Å². The molecule has 1 saturated heterocycles. The van der Waals surface area contributed by atoms with Crippen molar-refractivity contribution in [2.45, 2.75) is 18.4 Å². The van der Waals surface area contributed by atoms with Gasteiger partial charge in [0, 0.05) is 15.2 Å². The lowest BCUT2D eigenvalue weighted by Gasteiger charge is -2.55. The van der Waals surface area contributed by atoms with Crippen molar-refractivity contribution in [1.82, 2.24) is 0 Å². The molecule has 0 spiro atoms. The van der Waals surface area contributed by atoms with Gasteiger partial charge in [0.25, 0.3) is 0 Å². The molecule has 3 nitrogen and oxygen atoms in total. The lowest BCUT2D eigenvalue weighted by molar-refractivity contribution is -0.132. The Balaban J connectivity index is 1.81. The molecule has 1 aliphatic rings. The Morgan fingerprint density at radius 1 is 0.964 bits per heavy atom. The fourth-order valence-electron chi connectivity index (χ4n) is 3.89. The van der Waals surface area contributed by atoms with Crippen LogP contribution < -0.4 is 9.64 Å². The van der Waals surface area contributed by atoms with Gasteiger partial charge in [0.2, 0.25) is 5.91 Å². The number of hydrogen-bond donors (Lipinski definition) is 0. The van der Waals surface area contributed by atoms with Crippen LogP contribution in [0.15, 0.2) is 77.3 Å². The maximum absolute atomic E-state index is 13.4. The Labute approximate surface area is 178 Å². The van der Waals surface area contributed by atoms with Crippen molar-refractivity contribution in [2.24, 2.45) is 0 Å². The van der Waals surface area contributed by atoms with Gasteiger partial charge in [0.1, 0.15) is 5.75 Å². The third-order valence-corrected chi connectivity index (χ3v) is 6.23. The molecule has 0 aromatic heterocycles. The summed E-state index contributed by atoms with van der Waals surface area (Å²) >= 11 is 9.57. The van der Waals surface area contributed by atoms with E-state index >= 15 is 0 Å². The second kappa shape index (κ2) is 7.26. The first-order valence-corrected chi connectivity index (χ1v) is 10.1. The number of amides is 1. The van der Waals surface area contributed by atoms with Crippen LogP contribution in [0.5, 0.6) is 5.75 Å². The van der Waals surface area contributed by atoms with Gasteiger partial charge in [0.05, 0.1) is 18.6 Å². The summed E-state index contributed by atoms with van der Waals surface area (Å²) in [5.41, 5.74) is 2.23. The van der Waals surface area contributed by atoms with Crippen molar-refractivity contribution in [1.29, 1.82) is 0 Å². The second-order valence-electron chi connectivity index (χ2n) is 7.04. The van der Waals surface area contributed by atoms with E-state index in [0.717, 1.165) is 27.0 Å². The minimum Gasteiger partial charge on any atom is -0.497 e. The van der Waals surface area contributed by atoms with E-state index in [1.807, 2.05) is 84.6 Å². The predicted molar refractivity (Wildman–Crippen MR) is 116 cm³/mol. The van der Waals surface area contributed by atoms with Crippen LogP contribution in [0.3, 0.4) is 0 Å². The van der Waals surface area contributed by atoms with E-state index in [1.165, 1.54) is 0 Å². The molecule has 0 bridgehead atoms. The van der Waals surface area contributed by atoms with Crippen molar-refractivity contribution in [3.05, 3.63) is 93.4 Å². The zero-order valence-electron chi connectivity index (χ0n) is 15.5. The maximum Gasteiger partial charge on any atom is 0.240 e. The molecule has 28 heavy (non-hydrogen) atoms. The molecule has 1 aliphatic heterocycles. The standard InChI is InChI=1S/C23H19BrClNO2/c1-23(16-5-7-17(24)8-6-16)21(15-3-9-18(25)10-4-15)26(22(23)27)19-11-13-20(28-2)14-12-19/h3-14,21H,1-2H3/t21-,23-/m0/s1. The van der Waals surface area contributed by atoms with Crippen molar-refractivity contribution in [3.8, 4) is 5.75 Å². The molecular weight excluding hydrogens is 438 g/mol. The summed E-state index contributed by atoms with van der Waals surface area (Å²) in [5.74, 6) is 0.829. The number of benzene rings is 3. The van der Waals surface area contributed by atoms with Gasteiger partial charge in [-0.05, 0) is 66.6 Å². The third-order valence-electron chi connectivity index (χ3n) is 5.45. The highest BCUT2D eigenvalue weighted by molar-refractivity contribution is 9.10. The number of carbonyl (C=O) groups excluding carboxylic acids is 1. The quantitative estimate of drug-likeness (QED) is 0.440. The summed E-state index contributed by atoms with van der Waals surface area (Å²) in [5, 5.41) is 0.677. The molecule has 142 valence electrons. The van der Waals surface area contributed by atoms with Crippen LogP contribution in [0, 0.1) is 0 Å². The predicted octanol–water partition coefficient (Wildman–Crippen LogP) is 6.16. The second-order valence-corrected chi connectivity index (χ2v) is 8.39. The van der Waals surface area contributed by atoms with E-state index in [9.17, 15) is 4.79 Å². The molecule has 3 aromatic carbocycles. The van der Waals surface area contributed by atoms with E-state index < -0.39 is 5.41 Å². The lowest BCUT2D eigenvalue weighted by atomic mass is 9.64. The highest BCUT2D eigenvalue weighted by Crippen LogP contribution is 2.53. The van der Waals surface area contributed by atoms with Gasteiger partial charge in [-0.3, -0.25) is 4.79 Å². The van der Waals surface area contributed by atoms with E-state index in [1.54, 1.807) is 7.11 Å². The van der Waals surface area contributed by atoms with E-state index in [2.05, 4.69) is 15.9 Å². The van der Waals surface area contributed by atoms with Crippen LogP contribution in [-0.2, 0) is 10.2 Å². The number of nitrogens with zero attached hydrogens (tertiary/aromatic N) is 1. The fourth-order valence-corrected chi connectivity index (χ4v) is 4.28. The summed E-state index contributed by atoms with van der Waals surface area (Å²) in [6, 6.07) is 23.1. The number of hydrogen-bond acceptors (Lipinski definition) is 2. The molecule has 1 heterocycles. The lowest BCUT2D eigenvalue weighted by Crippen LogP contribution is -2.65. The topological polar surface area (TPSA) is 29.5 Å². The molecule has 1 fully saturated rings. The van der Waals surface area contributed by atoms with Crippen molar-refractivity contribution >= 4 is 39.1 Å². The highest BCUT2D eigenvalue weighted by Gasteiger charge is 2.59. The van der Waals surface area contributed by atoms with Gasteiger partial charge in [-0.25, -0.2) is 0 Å². The van der Waals surface area contributed by atoms with Crippen molar-refractivity contribution in [2.75, 3.05) is 12.0 Å². The fraction of sp³-hybridized carbons (Fsp3) is 0.174. The molecule has 0 N–H and O–H groups in total. The SMILES string of the molecule is COc1ccc(N2C(=O)[C@@](C)(c3ccc(Br)cc3)[C@@H]2c2ccc(Cl)cc2)cc1. The van der Waals surface area contributed by atoms with Crippen molar-refractivity contribution in [3.63, 3.8) is 0 Å². The summed E-state index contributed by atoms with van der Waals surface area (Å²) in [6.07, 6.45) is 0. The largest absolute Gasteiger partial charge is 0.497 e. The number of ether oxygens (including phenoxy) is 1.